The van der Waals surface area contributed by atoms with Crippen LogP contribution in [0, 0.1) is 0 Å². The highest BCUT2D eigenvalue weighted by molar-refractivity contribution is 7.99. The first-order valence-electron chi connectivity index (χ1n) is 8.05. The molecule has 116 valence electrons. The van der Waals surface area contributed by atoms with E-state index in [4.69, 9.17) is 4.74 Å². The van der Waals surface area contributed by atoms with Gasteiger partial charge in [-0.05, 0) is 38.1 Å². The molecule has 1 unspecified atom stereocenters. The quantitative estimate of drug-likeness (QED) is 0.798. The predicted molar refractivity (Wildman–Crippen MR) is 90.2 cm³/mol. The Morgan fingerprint density at radius 2 is 2.14 bits per heavy atom. The van der Waals surface area contributed by atoms with Gasteiger partial charge >= 0.3 is 0 Å². The number of para-hydroxylation sites is 1. The Bertz CT molecular complexity index is 444. The molecule has 1 aliphatic heterocycles. The third kappa shape index (κ3) is 4.63. The number of benzene rings is 1. The Labute approximate surface area is 132 Å². The average molecular weight is 306 g/mol. The molecule has 0 aromatic heterocycles. The Balaban J connectivity index is 1.45. The summed E-state index contributed by atoms with van der Waals surface area (Å²) in [4.78, 5) is 2.45. The number of hydrogen-bond acceptors (Lipinski definition) is 4. The highest BCUT2D eigenvalue weighted by Crippen LogP contribution is 2.23. The lowest BCUT2D eigenvalue weighted by molar-refractivity contribution is 0.201. The monoisotopic (exact) mass is 306 g/mol. The molecule has 1 saturated heterocycles. The first-order chi connectivity index (χ1) is 10.3. The van der Waals surface area contributed by atoms with Crippen molar-refractivity contribution in [2.45, 2.75) is 37.9 Å². The minimum atomic E-state index is 0.740. The number of hydrogen-bond donors (Lipinski definition) is 1. The number of likely N-dealkylation sites (N-methyl/N-ethyl adjacent to an activating group) is 1. The van der Waals surface area contributed by atoms with Gasteiger partial charge in [0.2, 0.25) is 0 Å². The van der Waals surface area contributed by atoms with E-state index in [0.717, 1.165) is 37.5 Å². The van der Waals surface area contributed by atoms with Crippen LogP contribution in [-0.2, 0) is 6.54 Å². The van der Waals surface area contributed by atoms with Gasteiger partial charge in [-0.3, -0.25) is 4.90 Å². The molecule has 0 radical (unpaired) electrons. The third-order valence-electron chi connectivity index (χ3n) is 4.36. The minimum absolute atomic E-state index is 0.740. The molecule has 0 amide bonds. The van der Waals surface area contributed by atoms with Crippen LogP contribution in [0.15, 0.2) is 24.3 Å². The van der Waals surface area contributed by atoms with E-state index in [1.807, 2.05) is 0 Å². The van der Waals surface area contributed by atoms with Gasteiger partial charge in [0.1, 0.15) is 12.4 Å². The summed E-state index contributed by atoms with van der Waals surface area (Å²) in [5, 5.41) is 3.56. The van der Waals surface area contributed by atoms with Crippen LogP contribution in [0.2, 0.25) is 0 Å². The normalized spacial score (nSPS) is 21.9. The van der Waals surface area contributed by atoms with E-state index < -0.39 is 0 Å². The second-order valence-electron chi connectivity index (χ2n) is 6.11. The summed E-state index contributed by atoms with van der Waals surface area (Å²) in [7, 11) is 2.22. The van der Waals surface area contributed by atoms with Gasteiger partial charge < -0.3 is 10.1 Å². The van der Waals surface area contributed by atoms with Crippen LogP contribution in [0.3, 0.4) is 0 Å². The topological polar surface area (TPSA) is 24.5 Å². The number of rotatable bonds is 8. The van der Waals surface area contributed by atoms with E-state index in [1.54, 1.807) is 0 Å². The molecule has 4 heteroatoms. The number of ether oxygens (including phenoxy) is 1. The van der Waals surface area contributed by atoms with Crippen molar-refractivity contribution in [3.8, 4) is 5.75 Å². The van der Waals surface area contributed by atoms with Crippen molar-refractivity contribution in [1.29, 1.82) is 0 Å². The molecule has 2 fully saturated rings. The van der Waals surface area contributed by atoms with Crippen LogP contribution in [0.25, 0.3) is 0 Å². The molecule has 1 atom stereocenters. The molecule has 1 aliphatic carbocycles. The van der Waals surface area contributed by atoms with Gasteiger partial charge in [0.25, 0.3) is 0 Å². The van der Waals surface area contributed by atoms with Gasteiger partial charge in [-0.15, -0.1) is 0 Å². The first-order valence-corrected chi connectivity index (χ1v) is 9.20. The van der Waals surface area contributed by atoms with E-state index in [-0.39, 0.29) is 0 Å². The van der Waals surface area contributed by atoms with Gasteiger partial charge in [-0.1, -0.05) is 18.2 Å². The average Bonchev–Trinajstić information content (AvgIpc) is 3.17. The van der Waals surface area contributed by atoms with Crippen LogP contribution in [-0.4, -0.2) is 48.7 Å². The van der Waals surface area contributed by atoms with Gasteiger partial charge in [0, 0.05) is 36.5 Å². The smallest absolute Gasteiger partial charge is 0.123 e. The third-order valence-corrected chi connectivity index (χ3v) is 5.51. The van der Waals surface area contributed by atoms with Crippen molar-refractivity contribution in [1.82, 2.24) is 10.2 Å². The van der Waals surface area contributed by atoms with Crippen LogP contribution < -0.4 is 10.1 Å². The van der Waals surface area contributed by atoms with Gasteiger partial charge in [-0.2, -0.15) is 11.8 Å². The molecular weight excluding hydrogens is 280 g/mol. The summed E-state index contributed by atoms with van der Waals surface area (Å²) in [5.41, 5.74) is 1.28. The zero-order chi connectivity index (χ0) is 14.5. The Kier molecular flexibility index (Phi) is 5.44. The fourth-order valence-corrected chi connectivity index (χ4v) is 3.98. The summed E-state index contributed by atoms with van der Waals surface area (Å²) >= 11 is 2.07. The molecule has 0 bridgehead atoms. The van der Waals surface area contributed by atoms with Gasteiger partial charge in [0.05, 0.1) is 0 Å². The summed E-state index contributed by atoms with van der Waals surface area (Å²) in [6.45, 7) is 2.71. The molecular formula is C17H26N2OS. The lowest BCUT2D eigenvalue weighted by Crippen LogP contribution is -2.34. The molecule has 3 nitrogen and oxygen atoms in total. The maximum atomic E-state index is 6.03. The number of nitrogens with zero attached hydrogens (tertiary/aromatic N) is 1. The van der Waals surface area contributed by atoms with Crippen molar-refractivity contribution in [3.63, 3.8) is 0 Å². The van der Waals surface area contributed by atoms with Crippen LogP contribution in [0.4, 0.5) is 0 Å². The molecule has 1 aromatic carbocycles. The maximum Gasteiger partial charge on any atom is 0.123 e. The number of thioether (sulfide) groups is 1. The van der Waals surface area contributed by atoms with Crippen molar-refractivity contribution < 1.29 is 4.74 Å². The van der Waals surface area contributed by atoms with Crippen LogP contribution in [0.5, 0.6) is 5.75 Å². The Morgan fingerprint density at radius 1 is 1.29 bits per heavy atom. The summed E-state index contributed by atoms with van der Waals surface area (Å²) in [5.74, 6) is 3.63. The minimum Gasteiger partial charge on any atom is -0.492 e. The zero-order valence-corrected chi connectivity index (χ0v) is 13.7. The van der Waals surface area contributed by atoms with E-state index >= 15 is 0 Å². The summed E-state index contributed by atoms with van der Waals surface area (Å²) in [6.07, 6.45) is 3.98. The van der Waals surface area contributed by atoms with E-state index in [2.05, 4.69) is 53.3 Å². The molecule has 1 saturated carbocycles. The lowest BCUT2D eigenvalue weighted by Gasteiger charge is -2.23. The molecule has 0 spiro atoms. The molecule has 1 heterocycles. The lowest BCUT2D eigenvalue weighted by atomic mass is 10.2. The van der Waals surface area contributed by atoms with Crippen molar-refractivity contribution in [2.24, 2.45) is 0 Å². The fraction of sp³-hybridized carbons (Fsp3) is 0.647. The number of nitrogens with one attached hydrogen (secondary N) is 1. The van der Waals surface area contributed by atoms with Crippen LogP contribution >= 0.6 is 11.8 Å². The molecule has 3 rings (SSSR count). The highest BCUT2D eigenvalue weighted by Gasteiger charge is 2.21. The zero-order valence-electron chi connectivity index (χ0n) is 12.9. The standard InChI is InChI=1S/C17H26N2OS/c1-19(16-8-11-21-13-16)9-10-20-17-5-3-2-4-14(17)12-18-15-6-7-15/h2-5,15-16,18H,6-13H2,1H3. The van der Waals surface area contributed by atoms with E-state index in [0.29, 0.717) is 0 Å². The molecule has 1 N–H and O–H groups in total. The highest BCUT2D eigenvalue weighted by atomic mass is 32.2. The summed E-state index contributed by atoms with van der Waals surface area (Å²) < 4.78 is 6.03. The molecule has 2 aliphatic rings. The molecule has 1 aromatic rings. The predicted octanol–water partition coefficient (Wildman–Crippen LogP) is 2.75. The fourth-order valence-electron chi connectivity index (χ4n) is 2.68. The van der Waals surface area contributed by atoms with Gasteiger partial charge in [0.15, 0.2) is 0 Å². The SMILES string of the molecule is CN(CCOc1ccccc1CNC1CC1)C1CCSC1. The van der Waals surface area contributed by atoms with Crippen LogP contribution in [0.1, 0.15) is 24.8 Å². The second kappa shape index (κ2) is 7.52. The summed E-state index contributed by atoms with van der Waals surface area (Å²) in [6, 6.07) is 9.90. The van der Waals surface area contributed by atoms with Gasteiger partial charge in [-0.25, -0.2) is 0 Å². The van der Waals surface area contributed by atoms with E-state index in [1.165, 1.54) is 36.3 Å². The Morgan fingerprint density at radius 3 is 2.90 bits per heavy atom. The molecule has 21 heavy (non-hydrogen) atoms. The van der Waals surface area contributed by atoms with E-state index in [9.17, 15) is 0 Å². The van der Waals surface area contributed by atoms with Crippen molar-refractivity contribution in [2.75, 3.05) is 31.7 Å². The maximum absolute atomic E-state index is 6.03. The van der Waals surface area contributed by atoms with Crippen molar-refractivity contribution >= 4 is 11.8 Å². The Hall–Kier alpha value is -0.710. The van der Waals surface area contributed by atoms with Crippen molar-refractivity contribution in [3.05, 3.63) is 29.8 Å². The first kappa shape index (κ1) is 15.2. The largest absolute Gasteiger partial charge is 0.492 e. The second-order valence-corrected chi connectivity index (χ2v) is 7.26.